The van der Waals surface area contributed by atoms with Gasteiger partial charge in [0.2, 0.25) is 0 Å². The van der Waals surface area contributed by atoms with E-state index in [1.54, 1.807) is 7.11 Å². The molecule has 0 amide bonds. The molecule has 31 heavy (non-hydrogen) atoms. The second-order valence-electron chi connectivity index (χ2n) is 10.4. The predicted molar refractivity (Wildman–Crippen MR) is 122 cm³/mol. The van der Waals surface area contributed by atoms with Crippen molar-refractivity contribution in [2.24, 2.45) is 23.2 Å². The smallest absolute Gasteiger partial charge is 0.310 e. The van der Waals surface area contributed by atoms with Crippen LogP contribution >= 0.6 is 0 Å². The number of hydrogen-bond acceptors (Lipinski definition) is 5. The van der Waals surface area contributed by atoms with Crippen LogP contribution < -0.4 is 9.64 Å². The van der Waals surface area contributed by atoms with E-state index in [1.807, 2.05) is 12.1 Å². The normalized spacial score (nSPS) is 36.0. The summed E-state index contributed by atoms with van der Waals surface area (Å²) in [6.45, 7) is 11.6. The van der Waals surface area contributed by atoms with Gasteiger partial charge in [0.05, 0.1) is 13.0 Å². The van der Waals surface area contributed by atoms with Crippen LogP contribution in [0.4, 0.5) is 5.69 Å². The van der Waals surface area contributed by atoms with Gasteiger partial charge in [-0.2, -0.15) is 0 Å². The Balaban J connectivity index is 1.22. The molecule has 0 N–H and O–H groups in total. The van der Waals surface area contributed by atoms with E-state index < -0.39 is 0 Å². The van der Waals surface area contributed by atoms with Crippen molar-refractivity contribution >= 4 is 11.7 Å². The van der Waals surface area contributed by atoms with Crippen LogP contribution in [0.15, 0.2) is 36.4 Å². The lowest BCUT2D eigenvalue weighted by Crippen LogP contribution is -2.50. The molecule has 0 radical (unpaired) electrons. The van der Waals surface area contributed by atoms with E-state index in [2.05, 4.69) is 35.4 Å². The Morgan fingerprint density at radius 1 is 1.26 bits per heavy atom. The Labute approximate surface area is 186 Å². The van der Waals surface area contributed by atoms with Crippen molar-refractivity contribution in [1.29, 1.82) is 0 Å². The fraction of sp³-hybridized carbons (Fsp3) is 0.654. The van der Waals surface area contributed by atoms with Crippen molar-refractivity contribution in [3.63, 3.8) is 0 Å². The Morgan fingerprint density at radius 3 is 2.84 bits per heavy atom. The van der Waals surface area contributed by atoms with Crippen molar-refractivity contribution in [1.82, 2.24) is 4.90 Å². The minimum absolute atomic E-state index is 0.0210. The first-order valence-electron chi connectivity index (χ1n) is 12.0. The molecule has 0 aromatic heterocycles. The molecule has 5 heteroatoms. The Hall–Kier alpha value is -2.01. The van der Waals surface area contributed by atoms with Gasteiger partial charge in [0.25, 0.3) is 0 Å². The summed E-state index contributed by atoms with van der Waals surface area (Å²) >= 11 is 0. The summed E-state index contributed by atoms with van der Waals surface area (Å²) in [4.78, 5) is 17.7. The lowest BCUT2D eigenvalue weighted by molar-refractivity contribution is -0.146. The number of carbonyl (C=O) groups excluding carboxylic acids is 1. The van der Waals surface area contributed by atoms with Gasteiger partial charge >= 0.3 is 5.97 Å². The molecule has 2 saturated heterocycles. The Morgan fingerprint density at radius 2 is 2.06 bits per heavy atom. The largest absolute Gasteiger partial charge is 0.497 e. The Kier molecular flexibility index (Phi) is 5.49. The molecule has 4 fully saturated rings. The molecule has 168 valence electrons. The number of piperazine rings is 1. The molecule has 2 aliphatic carbocycles. The number of methoxy groups -OCH3 is 1. The molecule has 0 bridgehead atoms. The molecule has 2 heterocycles. The minimum atomic E-state index is 0.0210. The van der Waals surface area contributed by atoms with Crippen molar-refractivity contribution in [3.05, 3.63) is 36.4 Å². The first kappa shape index (κ1) is 20.9. The second kappa shape index (κ2) is 8.16. The van der Waals surface area contributed by atoms with Gasteiger partial charge in [-0.1, -0.05) is 25.1 Å². The SMILES string of the molecule is C=C1CCCC2(C)CC3OC(=O)C(CN4CCN(c5cccc(OC)c5)CC4)C3CC12. The molecule has 1 aromatic rings. The molecular formula is C26H36N2O3. The van der Waals surface area contributed by atoms with Crippen molar-refractivity contribution in [2.75, 3.05) is 44.7 Å². The van der Waals surface area contributed by atoms with Crippen LogP contribution in [0.1, 0.15) is 39.0 Å². The van der Waals surface area contributed by atoms with E-state index in [9.17, 15) is 4.79 Å². The highest BCUT2D eigenvalue weighted by Crippen LogP contribution is 2.56. The number of esters is 1. The van der Waals surface area contributed by atoms with Gasteiger partial charge in [0, 0.05) is 50.4 Å². The van der Waals surface area contributed by atoms with Crippen LogP contribution in [0.5, 0.6) is 5.75 Å². The molecule has 2 aliphatic heterocycles. The maximum absolute atomic E-state index is 12.9. The van der Waals surface area contributed by atoms with E-state index in [0.717, 1.165) is 57.7 Å². The van der Waals surface area contributed by atoms with Crippen molar-refractivity contribution in [3.8, 4) is 5.75 Å². The number of carbonyl (C=O) groups is 1. The highest BCUT2D eigenvalue weighted by Gasteiger charge is 2.55. The van der Waals surface area contributed by atoms with E-state index in [1.165, 1.54) is 24.1 Å². The van der Waals surface area contributed by atoms with Gasteiger partial charge < -0.3 is 14.4 Å². The Bertz CT molecular complexity index is 847. The summed E-state index contributed by atoms with van der Waals surface area (Å²) < 4.78 is 11.3. The number of rotatable bonds is 4. The first-order valence-corrected chi connectivity index (χ1v) is 12.0. The number of benzene rings is 1. The second-order valence-corrected chi connectivity index (χ2v) is 10.4. The molecule has 4 aliphatic rings. The lowest BCUT2D eigenvalue weighted by Gasteiger charge is -2.50. The third kappa shape index (κ3) is 3.86. The van der Waals surface area contributed by atoms with Gasteiger partial charge in [-0.25, -0.2) is 0 Å². The van der Waals surface area contributed by atoms with Crippen LogP contribution in [0, 0.1) is 23.2 Å². The maximum Gasteiger partial charge on any atom is 0.310 e. The van der Waals surface area contributed by atoms with Crippen LogP contribution in [0.25, 0.3) is 0 Å². The van der Waals surface area contributed by atoms with Crippen LogP contribution in [0.3, 0.4) is 0 Å². The zero-order valence-electron chi connectivity index (χ0n) is 19.0. The topological polar surface area (TPSA) is 42.0 Å². The van der Waals surface area contributed by atoms with Crippen molar-refractivity contribution < 1.29 is 14.3 Å². The highest BCUT2D eigenvalue weighted by atomic mass is 16.6. The third-order valence-electron chi connectivity index (χ3n) is 8.57. The number of hydrogen-bond donors (Lipinski definition) is 0. The quantitative estimate of drug-likeness (QED) is 0.537. The van der Waals surface area contributed by atoms with Crippen LogP contribution in [0.2, 0.25) is 0 Å². The standard InChI is InChI=1S/C26H36N2O3/c1-18-6-5-9-26(2)16-24-21(15-23(18)26)22(25(29)31-24)17-27-10-12-28(13-11-27)19-7-4-8-20(14-19)30-3/h4,7-8,14,21-24H,1,5-6,9-13,15-17H2,2-3H3. The van der Waals surface area contributed by atoms with Gasteiger partial charge in [-0.05, 0) is 55.6 Å². The number of allylic oxidation sites excluding steroid dienone is 1. The molecule has 5 unspecified atom stereocenters. The summed E-state index contributed by atoms with van der Waals surface area (Å²) in [6.07, 6.45) is 5.85. The van der Waals surface area contributed by atoms with Crippen LogP contribution in [-0.2, 0) is 9.53 Å². The maximum atomic E-state index is 12.9. The number of ether oxygens (including phenoxy) is 2. The van der Waals surface area contributed by atoms with Crippen LogP contribution in [-0.4, -0.2) is 56.8 Å². The lowest BCUT2D eigenvalue weighted by atomic mass is 9.55. The van der Waals surface area contributed by atoms with Gasteiger partial charge in [-0.3, -0.25) is 9.69 Å². The molecule has 2 saturated carbocycles. The number of anilines is 1. The van der Waals surface area contributed by atoms with E-state index in [0.29, 0.717) is 11.8 Å². The minimum Gasteiger partial charge on any atom is -0.497 e. The molecule has 5 nitrogen and oxygen atoms in total. The van der Waals surface area contributed by atoms with E-state index in [-0.39, 0.29) is 23.4 Å². The fourth-order valence-corrected chi connectivity index (χ4v) is 6.74. The summed E-state index contributed by atoms with van der Waals surface area (Å²) in [6, 6.07) is 8.28. The fourth-order valence-electron chi connectivity index (χ4n) is 6.74. The number of fused-ring (bicyclic) bond motifs is 2. The van der Waals surface area contributed by atoms with E-state index in [4.69, 9.17) is 9.47 Å². The summed E-state index contributed by atoms with van der Waals surface area (Å²) in [5.41, 5.74) is 2.90. The van der Waals surface area contributed by atoms with Crippen molar-refractivity contribution in [2.45, 2.75) is 45.1 Å². The van der Waals surface area contributed by atoms with Gasteiger partial charge in [0.15, 0.2) is 0 Å². The summed E-state index contributed by atoms with van der Waals surface area (Å²) in [7, 11) is 1.71. The van der Waals surface area contributed by atoms with E-state index >= 15 is 0 Å². The molecule has 0 spiro atoms. The zero-order chi connectivity index (χ0) is 21.6. The van der Waals surface area contributed by atoms with Gasteiger partial charge in [0.1, 0.15) is 11.9 Å². The average Bonchev–Trinajstić information content (AvgIpc) is 3.06. The zero-order valence-corrected chi connectivity index (χ0v) is 19.0. The number of nitrogens with zero attached hydrogens (tertiary/aromatic N) is 2. The summed E-state index contributed by atoms with van der Waals surface area (Å²) in [5.74, 6) is 1.88. The monoisotopic (exact) mass is 424 g/mol. The predicted octanol–water partition coefficient (Wildman–Crippen LogP) is 4.13. The van der Waals surface area contributed by atoms with Gasteiger partial charge in [-0.15, -0.1) is 0 Å². The molecule has 5 atom stereocenters. The molecule has 1 aromatic carbocycles. The third-order valence-corrected chi connectivity index (χ3v) is 8.57. The average molecular weight is 425 g/mol. The first-order chi connectivity index (χ1) is 15.0. The highest BCUT2D eigenvalue weighted by molar-refractivity contribution is 5.75. The molecular weight excluding hydrogens is 388 g/mol. The summed E-state index contributed by atoms with van der Waals surface area (Å²) in [5, 5.41) is 0. The molecule has 5 rings (SSSR count).